The van der Waals surface area contributed by atoms with E-state index in [1.807, 2.05) is 30.3 Å². The molecule has 1 aliphatic heterocycles. The Kier molecular flexibility index (Phi) is 4.52. The van der Waals surface area contributed by atoms with Crippen LogP contribution in [0.25, 0.3) is 11.3 Å². The molecule has 1 amide bonds. The molecule has 0 aliphatic carbocycles. The van der Waals surface area contributed by atoms with E-state index in [-0.39, 0.29) is 12.5 Å². The van der Waals surface area contributed by atoms with Crippen molar-refractivity contribution in [3.05, 3.63) is 47.9 Å². The van der Waals surface area contributed by atoms with Crippen LogP contribution in [0.2, 0.25) is 0 Å². The molecule has 1 saturated heterocycles. The second-order valence-corrected chi connectivity index (χ2v) is 5.64. The van der Waals surface area contributed by atoms with Crippen molar-refractivity contribution in [2.24, 2.45) is 0 Å². The van der Waals surface area contributed by atoms with Gasteiger partial charge in [-0.1, -0.05) is 30.3 Å². The molecule has 0 radical (unpaired) electrons. The number of carbonyl (C=O) groups excluding carboxylic acids is 1. The smallest absolute Gasteiger partial charge is 0.322 e. The zero-order valence-electron chi connectivity index (χ0n) is 13.3. The number of nitrogens with zero attached hydrogens (tertiary/aromatic N) is 3. The normalized spacial score (nSPS) is 17.5. The third-order valence-electron chi connectivity index (χ3n) is 3.95. The molecule has 24 heavy (non-hydrogen) atoms. The zero-order valence-corrected chi connectivity index (χ0v) is 13.3. The van der Waals surface area contributed by atoms with Gasteiger partial charge in [-0.3, -0.25) is 9.59 Å². The fourth-order valence-electron chi connectivity index (χ4n) is 2.71. The van der Waals surface area contributed by atoms with Crippen LogP contribution >= 0.6 is 0 Å². The molecular weight excluding hydrogens is 308 g/mol. The van der Waals surface area contributed by atoms with E-state index in [9.17, 15) is 9.59 Å². The monoisotopic (exact) mass is 326 g/mol. The van der Waals surface area contributed by atoms with Gasteiger partial charge < -0.3 is 15.3 Å². The van der Waals surface area contributed by atoms with Crippen molar-refractivity contribution in [1.29, 1.82) is 0 Å². The summed E-state index contributed by atoms with van der Waals surface area (Å²) in [4.78, 5) is 34.2. The number of piperazine rings is 1. The number of hydrogen-bond donors (Lipinski definition) is 2. The molecule has 3 rings (SSSR count). The summed E-state index contributed by atoms with van der Waals surface area (Å²) in [6.45, 7) is 2.78. The van der Waals surface area contributed by atoms with E-state index in [4.69, 9.17) is 5.11 Å². The van der Waals surface area contributed by atoms with Gasteiger partial charge in [0, 0.05) is 31.4 Å². The number of carbonyl (C=O) groups is 2. The van der Waals surface area contributed by atoms with Crippen LogP contribution in [0.1, 0.15) is 16.2 Å². The summed E-state index contributed by atoms with van der Waals surface area (Å²) in [6, 6.07) is 8.67. The van der Waals surface area contributed by atoms with E-state index in [0.29, 0.717) is 30.2 Å². The van der Waals surface area contributed by atoms with Gasteiger partial charge in [0.2, 0.25) is 0 Å². The Morgan fingerprint density at radius 2 is 2.04 bits per heavy atom. The van der Waals surface area contributed by atoms with E-state index in [1.165, 1.54) is 11.1 Å². The molecule has 7 nitrogen and oxygen atoms in total. The SMILES string of the molecule is Cc1ncc(C(=O)N2CCNC(C(=O)O)C2)c(-c2ccccc2)n1. The van der Waals surface area contributed by atoms with E-state index in [0.717, 1.165) is 5.56 Å². The lowest BCUT2D eigenvalue weighted by Gasteiger charge is -2.31. The fourth-order valence-corrected chi connectivity index (χ4v) is 2.71. The van der Waals surface area contributed by atoms with Gasteiger partial charge in [0.15, 0.2) is 0 Å². The van der Waals surface area contributed by atoms with E-state index in [1.54, 1.807) is 6.92 Å². The second-order valence-electron chi connectivity index (χ2n) is 5.64. The highest BCUT2D eigenvalue weighted by atomic mass is 16.4. The molecule has 2 aromatic rings. The van der Waals surface area contributed by atoms with E-state index >= 15 is 0 Å². The molecule has 0 bridgehead atoms. The highest BCUT2D eigenvalue weighted by molar-refractivity contribution is 6.00. The first-order valence-corrected chi connectivity index (χ1v) is 7.71. The van der Waals surface area contributed by atoms with E-state index < -0.39 is 12.0 Å². The van der Waals surface area contributed by atoms with Crippen LogP contribution < -0.4 is 5.32 Å². The summed E-state index contributed by atoms with van der Waals surface area (Å²) < 4.78 is 0. The first kappa shape index (κ1) is 16.1. The standard InChI is InChI=1S/C17H18N4O3/c1-11-19-9-13(15(20-11)12-5-3-2-4-6-12)16(22)21-8-7-18-14(10-21)17(23)24/h2-6,9,14,18H,7-8,10H2,1H3,(H,23,24). The maximum Gasteiger partial charge on any atom is 0.322 e. The summed E-state index contributed by atoms with van der Waals surface area (Å²) in [5.74, 6) is -0.633. The van der Waals surface area contributed by atoms with Gasteiger partial charge in [-0.15, -0.1) is 0 Å². The Morgan fingerprint density at radius 1 is 1.29 bits per heavy atom. The quantitative estimate of drug-likeness (QED) is 0.872. The van der Waals surface area contributed by atoms with Crippen molar-refractivity contribution >= 4 is 11.9 Å². The summed E-state index contributed by atoms with van der Waals surface area (Å²) in [5, 5.41) is 12.0. The number of aromatic nitrogens is 2. The third-order valence-corrected chi connectivity index (χ3v) is 3.95. The van der Waals surface area contributed by atoms with Gasteiger partial charge in [-0.25, -0.2) is 9.97 Å². The molecule has 1 aromatic heterocycles. The summed E-state index contributed by atoms with van der Waals surface area (Å²) in [5.41, 5.74) is 1.78. The van der Waals surface area contributed by atoms with Crippen molar-refractivity contribution in [2.45, 2.75) is 13.0 Å². The molecule has 2 heterocycles. The van der Waals surface area contributed by atoms with Gasteiger partial charge in [-0.05, 0) is 6.92 Å². The van der Waals surface area contributed by atoms with Crippen molar-refractivity contribution < 1.29 is 14.7 Å². The lowest BCUT2D eigenvalue weighted by molar-refractivity contribution is -0.140. The molecule has 1 aromatic carbocycles. The number of carboxylic acid groups (broad SMARTS) is 1. The number of amides is 1. The van der Waals surface area contributed by atoms with Gasteiger partial charge in [-0.2, -0.15) is 0 Å². The number of rotatable bonds is 3. The molecule has 1 atom stereocenters. The average molecular weight is 326 g/mol. The first-order valence-electron chi connectivity index (χ1n) is 7.71. The van der Waals surface area contributed by atoms with Crippen LogP contribution in [0.3, 0.4) is 0 Å². The molecule has 124 valence electrons. The molecule has 1 aliphatic rings. The number of aliphatic carboxylic acids is 1. The molecule has 1 fully saturated rings. The van der Waals surface area contributed by atoms with Crippen LogP contribution in [-0.2, 0) is 4.79 Å². The summed E-state index contributed by atoms with van der Waals surface area (Å²) >= 11 is 0. The minimum absolute atomic E-state index is 0.121. The Hall–Kier alpha value is -2.80. The Bertz CT molecular complexity index is 764. The van der Waals surface area contributed by atoms with Gasteiger partial charge in [0.25, 0.3) is 5.91 Å². The van der Waals surface area contributed by atoms with Crippen LogP contribution in [0.15, 0.2) is 36.5 Å². The number of benzene rings is 1. The Labute approximate surface area is 139 Å². The van der Waals surface area contributed by atoms with Gasteiger partial charge >= 0.3 is 5.97 Å². The molecule has 1 unspecified atom stereocenters. The number of aryl methyl sites for hydroxylation is 1. The lowest BCUT2D eigenvalue weighted by atomic mass is 10.1. The average Bonchev–Trinajstić information content (AvgIpc) is 2.62. The third kappa shape index (κ3) is 3.26. The van der Waals surface area contributed by atoms with Crippen molar-refractivity contribution in [3.63, 3.8) is 0 Å². The molecule has 7 heteroatoms. The molecular formula is C17H18N4O3. The van der Waals surface area contributed by atoms with Crippen LogP contribution in [0.4, 0.5) is 0 Å². The molecule has 0 saturated carbocycles. The zero-order chi connectivity index (χ0) is 17.1. The minimum Gasteiger partial charge on any atom is -0.480 e. The maximum atomic E-state index is 12.9. The predicted molar refractivity (Wildman–Crippen MR) is 87.5 cm³/mol. The largest absolute Gasteiger partial charge is 0.480 e. The summed E-state index contributed by atoms with van der Waals surface area (Å²) in [7, 11) is 0. The highest BCUT2D eigenvalue weighted by Gasteiger charge is 2.29. The Balaban J connectivity index is 1.94. The second kappa shape index (κ2) is 6.76. The van der Waals surface area contributed by atoms with E-state index in [2.05, 4.69) is 15.3 Å². The van der Waals surface area contributed by atoms with Gasteiger partial charge in [0.05, 0.1) is 11.3 Å². The van der Waals surface area contributed by atoms with Crippen LogP contribution in [0.5, 0.6) is 0 Å². The fraction of sp³-hybridized carbons (Fsp3) is 0.294. The molecule has 2 N–H and O–H groups in total. The Morgan fingerprint density at radius 3 is 2.75 bits per heavy atom. The predicted octanol–water partition coefficient (Wildman–Crippen LogP) is 0.951. The minimum atomic E-state index is -0.962. The van der Waals surface area contributed by atoms with Crippen molar-refractivity contribution in [2.75, 3.05) is 19.6 Å². The van der Waals surface area contributed by atoms with Gasteiger partial charge in [0.1, 0.15) is 11.9 Å². The van der Waals surface area contributed by atoms with Crippen molar-refractivity contribution in [1.82, 2.24) is 20.2 Å². The number of carboxylic acids is 1. The topological polar surface area (TPSA) is 95.4 Å². The number of nitrogens with one attached hydrogen (secondary N) is 1. The van der Waals surface area contributed by atoms with Crippen molar-refractivity contribution in [3.8, 4) is 11.3 Å². The first-order chi connectivity index (χ1) is 11.6. The highest BCUT2D eigenvalue weighted by Crippen LogP contribution is 2.22. The maximum absolute atomic E-state index is 12.9. The number of hydrogen-bond acceptors (Lipinski definition) is 5. The van der Waals surface area contributed by atoms with Crippen LogP contribution in [-0.4, -0.2) is 57.5 Å². The molecule has 0 spiro atoms. The lowest BCUT2D eigenvalue weighted by Crippen LogP contribution is -2.55. The summed E-state index contributed by atoms with van der Waals surface area (Å²) in [6.07, 6.45) is 1.52. The van der Waals surface area contributed by atoms with Crippen LogP contribution in [0, 0.1) is 6.92 Å².